The van der Waals surface area contributed by atoms with Crippen molar-refractivity contribution in [1.29, 1.82) is 0 Å². The van der Waals surface area contributed by atoms with Crippen LogP contribution in [0.5, 0.6) is 5.88 Å². The summed E-state index contributed by atoms with van der Waals surface area (Å²) in [5.41, 5.74) is 1.02. The zero-order valence-corrected chi connectivity index (χ0v) is 14.7. The largest absolute Gasteiger partial charge is 0.481 e. The van der Waals surface area contributed by atoms with E-state index in [0.717, 1.165) is 18.4 Å². The third-order valence-electron chi connectivity index (χ3n) is 4.06. The number of H-pyrrole nitrogens is 1. The van der Waals surface area contributed by atoms with Crippen molar-refractivity contribution in [3.8, 4) is 5.88 Å². The number of aromatic nitrogens is 2. The molecule has 0 spiro atoms. The molecule has 1 saturated heterocycles. The van der Waals surface area contributed by atoms with Crippen LogP contribution >= 0.6 is 0 Å². The number of nitrogens with zero attached hydrogens (tertiary/aromatic N) is 2. The predicted molar refractivity (Wildman–Crippen MR) is 90.7 cm³/mol. The zero-order chi connectivity index (χ0) is 17.9. The molecule has 1 fully saturated rings. The summed E-state index contributed by atoms with van der Waals surface area (Å²) in [5.74, 6) is 0.120. The van der Waals surface area contributed by atoms with Gasteiger partial charge in [-0.1, -0.05) is 6.07 Å². The Morgan fingerprint density at radius 3 is 2.76 bits per heavy atom. The molecule has 0 bridgehead atoms. The lowest BCUT2D eigenvalue weighted by Crippen LogP contribution is -2.27. The van der Waals surface area contributed by atoms with Gasteiger partial charge in [0, 0.05) is 38.1 Å². The van der Waals surface area contributed by atoms with E-state index in [9.17, 15) is 13.2 Å². The SMILES string of the molecule is COc1ccc(CNC(=O)c2cc(S(=O)(=O)N3CCCC3)c[nH]2)cn1. The van der Waals surface area contributed by atoms with Crippen LogP contribution in [0.25, 0.3) is 0 Å². The molecule has 0 unspecified atom stereocenters. The highest BCUT2D eigenvalue weighted by molar-refractivity contribution is 7.89. The number of amides is 1. The topological polar surface area (TPSA) is 104 Å². The van der Waals surface area contributed by atoms with Gasteiger partial charge in [-0.2, -0.15) is 4.31 Å². The van der Waals surface area contributed by atoms with Crippen LogP contribution in [-0.4, -0.2) is 48.8 Å². The van der Waals surface area contributed by atoms with Crippen LogP contribution in [-0.2, 0) is 16.6 Å². The molecule has 3 rings (SSSR count). The molecule has 2 aromatic heterocycles. The van der Waals surface area contributed by atoms with Crippen molar-refractivity contribution < 1.29 is 17.9 Å². The minimum atomic E-state index is -3.53. The summed E-state index contributed by atoms with van der Waals surface area (Å²) < 4.78 is 31.4. The van der Waals surface area contributed by atoms with Crippen LogP contribution in [0.15, 0.2) is 35.5 Å². The molecule has 3 heterocycles. The van der Waals surface area contributed by atoms with Crippen molar-refractivity contribution in [1.82, 2.24) is 19.6 Å². The monoisotopic (exact) mass is 364 g/mol. The average molecular weight is 364 g/mol. The lowest BCUT2D eigenvalue weighted by Gasteiger charge is -2.13. The standard InChI is InChI=1S/C16H20N4O4S/c1-24-15-5-4-12(9-18-15)10-19-16(21)14-8-13(11-17-14)25(22,23)20-6-2-3-7-20/h4-5,8-9,11,17H,2-3,6-7,10H2,1H3,(H,19,21). The number of aromatic amines is 1. The number of pyridine rings is 1. The molecule has 1 amide bonds. The molecule has 0 atom stereocenters. The van der Waals surface area contributed by atoms with Gasteiger partial charge in [0.15, 0.2) is 0 Å². The minimum absolute atomic E-state index is 0.116. The first-order valence-electron chi connectivity index (χ1n) is 7.96. The quantitative estimate of drug-likeness (QED) is 0.800. The number of ether oxygens (including phenoxy) is 1. The van der Waals surface area contributed by atoms with Crippen LogP contribution < -0.4 is 10.1 Å². The van der Waals surface area contributed by atoms with E-state index in [-0.39, 0.29) is 23.0 Å². The first-order chi connectivity index (χ1) is 12.0. The van der Waals surface area contributed by atoms with E-state index < -0.39 is 10.0 Å². The van der Waals surface area contributed by atoms with Gasteiger partial charge in [-0.05, 0) is 24.5 Å². The van der Waals surface area contributed by atoms with Crippen molar-refractivity contribution in [2.24, 2.45) is 0 Å². The maximum atomic E-state index is 12.5. The fourth-order valence-electron chi connectivity index (χ4n) is 2.65. The van der Waals surface area contributed by atoms with E-state index in [4.69, 9.17) is 4.74 Å². The Hall–Kier alpha value is -2.39. The van der Waals surface area contributed by atoms with Crippen molar-refractivity contribution in [3.05, 3.63) is 41.9 Å². The summed E-state index contributed by atoms with van der Waals surface area (Å²) in [6.07, 6.45) is 4.70. The number of carbonyl (C=O) groups excluding carboxylic acids is 1. The number of methoxy groups -OCH3 is 1. The molecule has 9 heteroatoms. The first-order valence-corrected chi connectivity index (χ1v) is 9.40. The third-order valence-corrected chi connectivity index (χ3v) is 5.94. The van der Waals surface area contributed by atoms with Gasteiger partial charge in [0.1, 0.15) is 10.6 Å². The van der Waals surface area contributed by atoms with E-state index >= 15 is 0 Å². The zero-order valence-electron chi connectivity index (χ0n) is 13.9. The smallest absolute Gasteiger partial charge is 0.268 e. The van der Waals surface area contributed by atoms with Gasteiger partial charge in [-0.15, -0.1) is 0 Å². The maximum Gasteiger partial charge on any atom is 0.268 e. The fraction of sp³-hybridized carbons (Fsp3) is 0.375. The number of hydrogen-bond acceptors (Lipinski definition) is 5. The second-order valence-electron chi connectivity index (χ2n) is 5.75. The van der Waals surface area contributed by atoms with Gasteiger partial charge >= 0.3 is 0 Å². The Morgan fingerprint density at radius 1 is 1.36 bits per heavy atom. The normalized spacial score (nSPS) is 15.2. The summed E-state index contributed by atoms with van der Waals surface area (Å²) in [6.45, 7) is 1.34. The number of rotatable bonds is 6. The van der Waals surface area contributed by atoms with Crippen LogP contribution in [0.4, 0.5) is 0 Å². The third kappa shape index (κ3) is 3.83. The minimum Gasteiger partial charge on any atom is -0.481 e. The summed E-state index contributed by atoms with van der Waals surface area (Å²) in [6, 6.07) is 4.87. The lowest BCUT2D eigenvalue weighted by atomic mass is 10.3. The highest BCUT2D eigenvalue weighted by Crippen LogP contribution is 2.21. The Labute approximate surface area is 146 Å². The van der Waals surface area contributed by atoms with Gasteiger partial charge in [0.05, 0.1) is 7.11 Å². The molecule has 134 valence electrons. The molecule has 2 N–H and O–H groups in total. The summed E-state index contributed by atoms with van der Waals surface area (Å²) in [4.78, 5) is 19.1. The van der Waals surface area contributed by atoms with Crippen LogP contribution in [0, 0.1) is 0 Å². The second-order valence-corrected chi connectivity index (χ2v) is 7.69. The molecule has 2 aromatic rings. The predicted octanol–water partition coefficient (Wildman–Crippen LogP) is 1.13. The van der Waals surface area contributed by atoms with Crippen LogP contribution in [0.1, 0.15) is 28.9 Å². The van der Waals surface area contributed by atoms with Gasteiger partial charge in [0.25, 0.3) is 5.91 Å². The Morgan fingerprint density at radius 2 is 2.12 bits per heavy atom. The van der Waals surface area contributed by atoms with E-state index in [2.05, 4.69) is 15.3 Å². The second kappa shape index (κ2) is 7.24. The highest BCUT2D eigenvalue weighted by atomic mass is 32.2. The first kappa shape index (κ1) is 17.4. The molecule has 0 aromatic carbocycles. The van der Waals surface area contributed by atoms with E-state index in [0.29, 0.717) is 19.0 Å². The van der Waals surface area contributed by atoms with Crippen molar-refractivity contribution in [2.75, 3.05) is 20.2 Å². The summed E-state index contributed by atoms with van der Waals surface area (Å²) in [7, 11) is -2.00. The molecule has 1 aliphatic rings. The van der Waals surface area contributed by atoms with E-state index in [1.807, 2.05) is 0 Å². The maximum absolute atomic E-state index is 12.5. The molecule has 0 aliphatic carbocycles. The Balaban J connectivity index is 1.64. The molecule has 25 heavy (non-hydrogen) atoms. The number of sulfonamides is 1. The Kier molecular flexibility index (Phi) is 5.05. The number of hydrogen-bond donors (Lipinski definition) is 2. The molecular weight excluding hydrogens is 344 g/mol. The van der Waals surface area contributed by atoms with Gasteiger partial charge in [0.2, 0.25) is 15.9 Å². The van der Waals surface area contributed by atoms with E-state index in [1.165, 1.54) is 23.7 Å². The van der Waals surface area contributed by atoms with Crippen molar-refractivity contribution in [3.63, 3.8) is 0 Å². The van der Waals surface area contributed by atoms with Gasteiger partial charge in [-0.25, -0.2) is 13.4 Å². The van der Waals surface area contributed by atoms with E-state index in [1.54, 1.807) is 18.3 Å². The summed E-state index contributed by atoms with van der Waals surface area (Å²) >= 11 is 0. The van der Waals surface area contributed by atoms with Crippen molar-refractivity contribution >= 4 is 15.9 Å². The number of carbonyl (C=O) groups is 1. The Bertz CT molecular complexity index is 839. The molecule has 0 radical (unpaired) electrons. The van der Waals surface area contributed by atoms with Gasteiger partial charge < -0.3 is 15.0 Å². The number of nitrogens with one attached hydrogen (secondary N) is 2. The fourth-order valence-corrected chi connectivity index (χ4v) is 4.16. The van der Waals surface area contributed by atoms with Crippen LogP contribution in [0.2, 0.25) is 0 Å². The highest BCUT2D eigenvalue weighted by Gasteiger charge is 2.28. The van der Waals surface area contributed by atoms with Gasteiger partial charge in [-0.3, -0.25) is 4.79 Å². The average Bonchev–Trinajstić information content (AvgIpc) is 3.32. The molecular formula is C16H20N4O4S. The summed E-state index contributed by atoms with van der Waals surface area (Å²) in [5, 5.41) is 2.73. The lowest BCUT2D eigenvalue weighted by molar-refractivity contribution is 0.0946. The van der Waals surface area contributed by atoms with Crippen molar-refractivity contribution in [2.45, 2.75) is 24.3 Å². The van der Waals surface area contributed by atoms with Crippen LogP contribution in [0.3, 0.4) is 0 Å². The molecule has 0 saturated carbocycles. The molecule has 8 nitrogen and oxygen atoms in total. The molecule has 1 aliphatic heterocycles.